The molecule has 2 nitrogen and oxygen atoms in total. The van der Waals surface area contributed by atoms with E-state index in [1.54, 1.807) is 6.07 Å². The predicted octanol–water partition coefficient (Wildman–Crippen LogP) is 3.81. The Morgan fingerprint density at radius 2 is 1.89 bits per heavy atom. The fourth-order valence-corrected chi connectivity index (χ4v) is 2.80. The van der Waals surface area contributed by atoms with E-state index < -0.39 is 11.8 Å². The second-order valence-electron chi connectivity index (χ2n) is 5.46. The highest BCUT2D eigenvalue weighted by atomic mass is 19.1. The molecule has 2 unspecified atom stereocenters. The average molecular weight is 250 g/mol. The molecular weight excluding hydrogens is 231 g/mol. The summed E-state index contributed by atoms with van der Waals surface area (Å²) < 4.78 is 18.5. The fourth-order valence-electron chi connectivity index (χ4n) is 2.80. The van der Waals surface area contributed by atoms with Crippen molar-refractivity contribution in [3.05, 3.63) is 35.6 Å². The molecule has 2 rings (SSSR count). The molecule has 1 saturated carbocycles. The van der Waals surface area contributed by atoms with Crippen LogP contribution in [0.1, 0.15) is 43.5 Å². The van der Waals surface area contributed by atoms with Gasteiger partial charge in [0.2, 0.25) is 0 Å². The monoisotopic (exact) mass is 250 g/mol. The van der Waals surface area contributed by atoms with Crippen LogP contribution in [-0.2, 0) is 4.74 Å². The number of carbonyl (C=O) groups excluding carboxylic acids is 1. The Morgan fingerprint density at radius 3 is 2.50 bits per heavy atom. The molecule has 0 aliphatic heterocycles. The molecule has 1 aliphatic rings. The molecule has 1 aromatic carbocycles. The van der Waals surface area contributed by atoms with Crippen molar-refractivity contribution in [1.29, 1.82) is 0 Å². The first-order valence-electron chi connectivity index (χ1n) is 6.51. The molecule has 2 atom stereocenters. The quantitative estimate of drug-likeness (QED) is 0.746. The SMILES string of the molecule is CC1CC(C)CC(OC(=O)c2cccc(F)c2)C1. The summed E-state index contributed by atoms with van der Waals surface area (Å²) in [7, 11) is 0. The standard InChI is InChI=1S/C15H19FO2/c1-10-6-11(2)8-14(7-10)18-15(17)12-4-3-5-13(16)9-12/h3-5,9-11,14H,6-8H2,1-2H3. The van der Waals surface area contributed by atoms with Gasteiger partial charge in [-0.3, -0.25) is 0 Å². The molecule has 0 bridgehead atoms. The summed E-state index contributed by atoms with van der Waals surface area (Å²) in [5, 5.41) is 0. The van der Waals surface area contributed by atoms with E-state index in [9.17, 15) is 9.18 Å². The van der Waals surface area contributed by atoms with Gasteiger partial charge in [0, 0.05) is 0 Å². The first kappa shape index (κ1) is 13.1. The van der Waals surface area contributed by atoms with Gasteiger partial charge in [-0.2, -0.15) is 0 Å². The largest absolute Gasteiger partial charge is 0.459 e. The van der Waals surface area contributed by atoms with Crippen molar-refractivity contribution in [2.45, 2.75) is 39.2 Å². The molecule has 0 saturated heterocycles. The van der Waals surface area contributed by atoms with Gasteiger partial charge in [0.15, 0.2) is 0 Å². The summed E-state index contributed by atoms with van der Waals surface area (Å²) in [5.74, 6) is 0.341. The maximum absolute atomic E-state index is 13.0. The molecule has 0 aromatic heterocycles. The van der Waals surface area contributed by atoms with E-state index in [0.717, 1.165) is 12.8 Å². The van der Waals surface area contributed by atoms with Crippen molar-refractivity contribution < 1.29 is 13.9 Å². The summed E-state index contributed by atoms with van der Waals surface area (Å²) in [5.41, 5.74) is 0.292. The van der Waals surface area contributed by atoms with E-state index in [4.69, 9.17) is 4.74 Å². The van der Waals surface area contributed by atoms with E-state index in [-0.39, 0.29) is 6.10 Å². The van der Waals surface area contributed by atoms with Crippen LogP contribution in [0.4, 0.5) is 4.39 Å². The van der Waals surface area contributed by atoms with Crippen LogP contribution >= 0.6 is 0 Å². The zero-order chi connectivity index (χ0) is 13.1. The third-order valence-corrected chi connectivity index (χ3v) is 3.47. The van der Waals surface area contributed by atoms with Crippen molar-refractivity contribution in [2.24, 2.45) is 11.8 Å². The van der Waals surface area contributed by atoms with Gasteiger partial charge in [0.1, 0.15) is 11.9 Å². The second-order valence-corrected chi connectivity index (χ2v) is 5.46. The Hall–Kier alpha value is -1.38. The predicted molar refractivity (Wildman–Crippen MR) is 67.8 cm³/mol. The van der Waals surface area contributed by atoms with Crippen LogP contribution in [0.25, 0.3) is 0 Å². The molecule has 0 radical (unpaired) electrons. The lowest BCUT2D eigenvalue weighted by Gasteiger charge is -2.31. The minimum absolute atomic E-state index is 0.0282. The number of hydrogen-bond acceptors (Lipinski definition) is 2. The van der Waals surface area contributed by atoms with Gasteiger partial charge >= 0.3 is 5.97 Å². The minimum Gasteiger partial charge on any atom is -0.459 e. The van der Waals surface area contributed by atoms with Gasteiger partial charge in [0.25, 0.3) is 0 Å². The summed E-state index contributed by atoms with van der Waals surface area (Å²) >= 11 is 0. The first-order chi connectivity index (χ1) is 8.54. The smallest absolute Gasteiger partial charge is 0.338 e. The maximum atomic E-state index is 13.0. The summed E-state index contributed by atoms with van der Waals surface area (Å²) in [6, 6.07) is 5.65. The lowest BCUT2D eigenvalue weighted by molar-refractivity contribution is 0.00801. The van der Waals surface area contributed by atoms with Crippen LogP contribution in [0.3, 0.4) is 0 Å². The van der Waals surface area contributed by atoms with E-state index >= 15 is 0 Å². The molecule has 0 spiro atoms. The van der Waals surface area contributed by atoms with E-state index in [2.05, 4.69) is 13.8 Å². The van der Waals surface area contributed by atoms with Crippen LogP contribution < -0.4 is 0 Å². The molecule has 0 heterocycles. The Bertz CT molecular complexity index is 420. The van der Waals surface area contributed by atoms with Crippen LogP contribution in [0, 0.1) is 17.7 Å². The molecule has 1 fully saturated rings. The highest BCUT2D eigenvalue weighted by Crippen LogP contribution is 2.30. The van der Waals surface area contributed by atoms with Crippen molar-refractivity contribution >= 4 is 5.97 Å². The van der Waals surface area contributed by atoms with Gasteiger partial charge in [-0.1, -0.05) is 19.9 Å². The lowest BCUT2D eigenvalue weighted by atomic mass is 9.82. The zero-order valence-electron chi connectivity index (χ0n) is 10.9. The second kappa shape index (κ2) is 5.51. The first-order valence-corrected chi connectivity index (χ1v) is 6.51. The Kier molecular flexibility index (Phi) is 4.00. The van der Waals surface area contributed by atoms with E-state index in [1.807, 2.05) is 0 Å². The van der Waals surface area contributed by atoms with Gasteiger partial charge in [-0.25, -0.2) is 9.18 Å². The summed E-state index contributed by atoms with van der Waals surface area (Å²) in [4.78, 5) is 11.9. The van der Waals surface area contributed by atoms with Crippen molar-refractivity contribution in [3.63, 3.8) is 0 Å². The maximum Gasteiger partial charge on any atom is 0.338 e. The van der Waals surface area contributed by atoms with Crippen LogP contribution in [0.2, 0.25) is 0 Å². The number of rotatable bonds is 2. The number of ether oxygens (including phenoxy) is 1. The van der Waals surface area contributed by atoms with Gasteiger partial charge < -0.3 is 4.74 Å². The molecule has 0 amide bonds. The molecule has 0 N–H and O–H groups in total. The highest BCUT2D eigenvalue weighted by molar-refractivity contribution is 5.89. The van der Waals surface area contributed by atoms with Crippen LogP contribution in [0.5, 0.6) is 0 Å². The highest BCUT2D eigenvalue weighted by Gasteiger charge is 2.26. The molecule has 18 heavy (non-hydrogen) atoms. The van der Waals surface area contributed by atoms with Crippen molar-refractivity contribution in [2.75, 3.05) is 0 Å². The lowest BCUT2D eigenvalue weighted by Crippen LogP contribution is -2.28. The third kappa shape index (κ3) is 3.31. The Morgan fingerprint density at radius 1 is 1.22 bits per heavy atom. The Labute approximate surface area is 107 Å². The number of carbonyl (C=O) groups is 1. The van der Waals surface area contributed by atoms with Crippen LogP contribution in [-0.4, -0.2) is 12.1 Å². The number of esters is 1. The van der Waals surface area contributed by atoms with Crippen molar-refractivity contribution in [3.8, 4) is 0 Å². The van der Waals surface area contributed by atoms with Crippen LogP contribution in [0.15, 0.2) is 24.3 Å². The summed E-state index contributed by atoms with van der Waals surface area (Å²) in [6.07, 6.45) is 2.98. The number of hydrogen-bond donors (Lipinski definition) is 0. The number of benzene rings is 1. The third-order valence-electron chi connectivity index (χ3n) is 3.47. The van der Waals surface area contributed by atoms with E-state index in [0.29, 0.717) is 17.4 Å². The zero-order valence-corrected chi connectivity index (χ0v) is 10.9. The minimum atomic E-state index is -0.416. The number of halogens is 1. The summed E-state index contributed by atoms with van der Waals surface area (Å²) in [6.45, 7) is 4.36. The molecule has 3 heteroatoms. The van der Waals surface area contributed by atoms with Gasteiger partial charge in [-0.05, 0) is 49.3 Å². The molecule has 1 aliphatic carbocycles. The molecular formula is C15H19FO2. The van der Waals surface area contributed by atoms with Gasteiger partial charge in [0.05, 0.1) is 5.56 Å². The average Bonchev–Trinajstić information content (AvgIpc) is 2.27. The van der Waals surface area contributed by atoms with Gasteiger partial charge in [-0.15, -0.1) is 0 Å². The molecule has 98 valence electrons. The molecule has 1 aromatic rings. The van der Waals surface area contributed by atoms with E-state index in [1.165, 1.54) is 24.6 Å². The van der Waals surface area contributed by atoms with Crippen molar-refractivity contribution in [1.82, 2.24) is 0 Å². The normalized spacial score (nSPS) is 27.8. The fraction of sp³-hybridized carbons (Fsp3) is 0.533. The topological polar surface area (TPSA) is 26.3 Å². The Balaban J connectivity index is 1.99.